The van der Waals surface area contributed by atoms with Crippen LogP contribution < -0.4 is 0 Å². The lowest BCUT2D eigenvalue weighted by Crippen LogP contribution is -2.17. The number of carboxylic acid groups (broad SMARTS) is 1. The molecule has 4 heteroatoms. The molecule has 1 aromatic heterocycles. The molecule has 3 nitrogen and oxygen atoms in total. The number of pyridine rings is 1. The van der Waals surface area contributed by atoms with Gasteiger partial charge >= 0.3 is 5.97 Å². The highest BCUT2D eigenvalue weighted by molar-refractivity contribution is 5.83. The van der Waals surface area contributed by atoms with E-state index in [4.69, 9.17) is 5.11 Å². The Morgan fingerprint density at radius 3 is 2.88 bits per heavy atom. The van der Waals surface area contributed by atoms with E-state index < -0.39 is 12.1 Å². The number of aryl methyl sites for hydroxylation is 1. The van der Waals surface area contributed by atoms with E-state index in [0.29, 0.717) is 5.56 Å². The van der Waals surface area contributed by atoms with E-state index in [1.54, 1.807) is 6.07 Å². The summed E-state index contributed by atoms with van der Waals surface area (Å²) in [5, 5.41) is 9.40. The largest absolute Gasteiger partial charge is 0.479 e. The number of aliphatic carboxylic acids is 1. The van der Waals surface area contributed by atoms with Crippen LogP contribution in [0, 0.1) is 6.92 Å². The Morgan fingerprint density at radius 2 is 2.18 bits per heavy atom. The SMILES string of the molecule is Cc1cc(CC(F)C(=O)O)c2ccccc2n1. The molecule has 0 aliphatic carbocycles. The number of alkyl halides is 1. The molecule has 0 bridgehead atoms. The van der Waals surface area contributed by atoms with Crippen LogP contribution in [0.25, 0.3) is 10.9 Å². The van der Waals surface area contributed by atoms with Gasteiger partial charge in [0.2, 0.25) is 6.17 Å². The molecule has 0 spiro atoms. The van der Waals surface area contributed by atoms with Crippen molar-refractivity contribution in [2.75, 3.05) is 0 Å². The zero-order chi connectivity index (χ0) is 12.4. The van der Waals surface area contributed by atoms with Gasteiger partial charge < -0.3 is 5.11 Å². The molecule has 17 heavy (non-hydrogen) atoms. The molecule has 0 aliphatic heterocycles. The number of hydrogen-bond donors (Lipinski definition) is 1. The molecule has 1 atom stereocenters. The van der Waals surface area contributed by atoms with Crippen LogP contribution in [0.2, 0.25) is 0 Å². The Bertz CT molecular complexity index is 568. The van der Waals surface area contributed by atoms with Crippen LogP contribution in [0.15, 0.2) is 30.3 Å². The van der Waals surface area contributed by atoms with Gasteiger partial charge in [-0.1, -0.05) is 18.2 Å². The molecule has 1 N–H and O–H groups in total. The fraction of sp³-hybridized carbons (Fsp3) is 0.231. The maximum Gasteiger partial charge on any atom is 0.338 e. The summed E-state index contributed by atoms with van der Waals surface area (Å²) in [5.74, 6) is -1.43. The van der Waals surface area contributed by atoms with Gasteiger partial charge in [0, 0.05) is 17.5 Å². The van der Waals surface area contributed by atoms with Crippen molar-refractivity contribution in [2.45, 2.75) is 19.5 Å². The van der Waals surface area contributed by atoms with E-state index in [0.717, 1.165) is 16.6 Å². The fourth-order valence-corrected chi connectivity index (χ4v) is 1.84. The van der Waals surface area contributed by atoms with Crippen molar-refractivity contribution in [2.24, 2.45) is 0 Å². The summed E-state index contributed by atoms with van der Waals surface area (Å²) in [6.45, 7) is 1.81. The number of nitrogens with zero attached hydrogens (tertiary/aromatic N) is 1. The molecule has 1 unspecified atom stereocenters. The van der Waals surface area contributed by atoms with Crippen LogP contribution in [-0.4, -0.2) is 22.2 Å². The number of carboxylic acids is 1. The Balaban J connectivity index is 2.49. The lowest BCUT2D eigenvalue weighted by molar-refractivity contribution is -0.142. The summed E-state index contributed by atoms with van der Waals surface area (Å²) in [5.41, 5.74) is 2.21. The van der Waals surface area contributed by atoms with Crippen LogP contribution >= 0.6 is 0 Å². The third-order valence-electron chi connectivity index (χ3n) is 2.60. The second kappa shape index (κ2) is 4.49. The molecule has 1 heterocycles. The molecule has 2 aromatic rings. The lowest BCUT2D eigenvalue weighted by atomic mass is 10.0. The first-order valence-electron chi connectivity index (χ1n) is 5.30. The zero-order valence-electron chi connectivity index (χ0n) is 9.35. The van der Waals surface area contributed by atoms with Gasteiger partial charge in [-0.05, 0) is 24.6 Å². The van der Waals surface area contributed by atoms with E-state index in [1.807, 2.05) is 31.2 Å². The first-order chi connectivity index (χ1) is 8.08. The smallest absolute Gasteiger partial charge is 0.338 e. The second-order valence-corrected chi connectivity index (χ2v) is 3.95. The van der Waals surface area contributed by atoms with Crippen molar-refractivity contribution in [1.29, 1.82) is 0 Å². The highest BCUT2D eigenvalue weighted by Crippen LogP contribution is 2.20. The van der Waals surface area contributed by atoms with Gasteiger partial charge in [0.1, 0.15) is 0 Å². The van der Waals surface area contributed by atoms with Crippen molar-refractivity contribution in [1.82, 2.24) is 4.98 Å². The Morgan fingerprint density at radius 1 is 1.47 bits per heavy atom. The molecule has 2 rings (SSSR count). The number of carbonyl (C=O) groups is 1. The van der Waals surface area contributed by atoms with Crippen molar-refractivity contribution >= 4 is 16.9 Å². The van der Waals surface area contributed by atoms with Gasteiger partial charge in [0.05, 0.1) is 5.52 Å². The minimum absolute atomic E-state index is 0.126. The predicted octanol–water partition coefficient (Wildman–Crippen LogP) is 2.51. The summed E-state index contributed by atoms with van der Waals surface area (Å²) in [7, 11) is 0. The van der Waals surface area contributed by atoms with E-state index in [9.17, 15) is 9.18 Å². The van der Waals surface area contributed by atoms with Gasteiger partial charge in [0.25, 0.3) is 0 Å². The highest BCUT2D eigenvalue weighted by Gasteiger charge is 2.17. The Labute approximate surface area is 97.9 Å². The van der Waals surface area contributed by atoms with Crippen molar-refractivity contribution in [3.8, 4) is 0 Å². The van der Waals surface area contributed by atoms with Gasteiger partial charge in [0.15, 0.2) is 0 Å². The number of benzene rings is 1. The summed E-state index contributed by atoms with van der Waals surface area (Å²) in [6.07, 6.45) is -2.00. The monoisotopic (exact) mass is 233 g/mol. The third kappa shape index (κ3) is 2.41. The molecule has 88 valence electrons. The number of halogens is 1. The maximum atomic E-state index is 13.3. The number of para-hydroxylation sites is 1. The van der Waals surface area contributed by atoms with Crippen LogP contribution in [0.4, 0.5) is 4.39 Å². The predicted molar refractivity (Wildman–Crippen MR) is 62.7 cm³/mol. The van der Waals surface area contributed by atoms with E-state index >= 15 is 0 Å². The second-order valence-electron chi connectivity index (χ2n) is 3.95. The topological polar surface area (TPSA) is 50.2 Å². The highest BCUT2D eigenvalue weighted by atomic mass is 19.1. The van der Waals surface area contributed by atoms with Crippen LogP contribution in [-0.2, 0) is 11.2 Å². The number of fused-ring (bicyclic) bond motifs is 1. The summed E-state index contributed by atoms with van der Waals surface area (Å²) < 4.78 is 13.3. The quantitative estimate of drug-likeness (QED) is 0.886. The van der Waals surface area contributed by atoms with Gasteiger partial charge in [-0.3, -0.25) is 4.98 Å². The maximum absolute atomic E-state index is 13.3. The summed E-state index contributed by atoms with van der Waals surface area (Å²) >= 11 is 0. The Kier molecular flexibility index (Phi) is 3.04. The van der Waals surface area contributed by atoms with Crippen molar-refractivity contribution in [3.05, 3.63) is 41.6 Å². The molecule has 0 fully saturated rings. The minimum atomic E-state index is -1.87. The molecule has 0 saturated heterocycles. The fourth-order valence-electron chi connectivity index (χ4n) is 1.84. The molecule has 0 aliphatic rings. The number of hydrogen-bond acceptors (Lipinski definition) is 2. The van der Waals surface area contributed by atoms with Crippen molar-refractivity contribution in [3.63, 3.8) is 0 Å². The van der Waals surface area contributed by atoms with Crippen LogP contribution in [0.5, 0.6) is 0 Å². The molecule has 0 saturated carbocycles. The normalized spacial score (nSPS) is 12.6. The first kappa shape index (κ1) is 11.5. The van der Waals surface area contributed by atoms with E-state index in [2.05, 4.69) is 4.98 Å². The average molecular weight is 233 g/mol. The lowest BCUT2D eigenvalue weighted by Gasteiger charge is -2.08. The third-order valence-corrected chi connectivity index (χ3v) is 2.60. The number of rotatable bonds is 3. The standard InChI is InChI=1S/C13H12FNO2/c1-8-6-9(7-11(14)13(16)17)10-4-2-3-5-12(10)15-8/h2-6,11H,7H2,1H3,(H,16,17). The Hall–Kier alpha value is -1.97. The molecular weight excluding hydrogens is 221 g/mol. The van der Waals surface area contributed by atoms with Gasteiger partial charge in [-0.15, -0.1) is 0 Å². The van der Waals surface area contributed by atoms with Gasteiger partial charge in [-0.25, -0.2) is 9.18 Å². The zero-order valence-corrected chi connectivity index (χ0v) is 9.35. The molecular formula is C13H12FNO2. The number of aromatic nitrogens is 1. The van der Waals surface area contributed by atoms with E-state index in [-0.39, 0.29) is 6.42 Å². The van der Waals surface area contributed by atoms with Crippen LogP contribution in [0.3, 0.4) is 0 Å². The first-order valence-corrected chi connectivity index (χ1v) is 5.30. The van der Waals surface area contributed by atoms with Gasteiger partial charge in [-0.2, -0.15) is 0 Å². The van der Waals surface area contributed by atoms with Crippen molar-refractivity contribution < 1.29 is 14.3 Å². The molecule has 1 aromatic carbocycles. The summed E-state index contributed by atoms with van der Waals surface area (Å²) in [4.78, 5) is 14.9. The van der Waals surface area contributed by atoms with Crippen LogP contribution in [0.1, 0.15) is 11.3 Å². The molecule has 0 radical (unpaired) electrons. The van der Waals surface area contributed by atoms with E-state index in [1.165, 1.54) is 0 Å². The minimum Gasteiger partial charge on any atom is -0.479 e. The average Bonchev–Trinajstić information content (AvgIpc) is 2.28. The summed E-state index contributed by atoms with van der Waals surface area (Å²) in [6, 6.07) is 9.07. The molecule has 0 amide bonds.